The van der Waals surface area contributed by atoms with E-state index in [0.717, 1.165) is 11.0 Å². The van der Waals surface area contributed by atoms with Gasteiger partial charge in [0.05, 0.1) is 5.56 Å². The number of aromatic amines is 1. The highest BCUT2D eigenvalue weighted by atomic mass is 16.1. The molecule has 2 N–H and O–H groups in total. The lowest BCUT2D eigenvalue weighted by molar-refractivity contribution is 0.0951. The molecule has 4 aromatic rings. The molecule has 0 bridgehead atoms. The van der Waals surface area contributed by atoms with Gasteiger partial charge in [0.2, 0.25) is 5.56 Å². The van der Waals surface area contributed by atoms with E-state index in [1.165, 1.54) is 23.0 Å². The third-order valence-electron chi connectivity index (χ3n) is 4.68. The van der Waals surface area contributed by atoms with Gasteiger partial charge >= 0.3 is 0 Å². The maximum atomic E-state index is 12.4. The van der Waals surface area contributed by atoms with Crippen molar-refractivity contribution in [2.45, 2.75) is 13.5 Å². The molecule has 0 saturated heterocycles. The standard InChI is InChI=1S/C21H19N3O2/c1-14-12-20(25)23-13-17(14)21(26)22-10-11-24-18-8-4-2-6-15(18)16-7-3-5-9-19(16)24/h2-9,12-13H,10-11H2,1H3,(H,22,26)(H,23,25). The molecule has 4 rings (SSSR count). The van der Waals surface area contributed by atoms with Crippen LogP contribution < -0.4 is 10.9 Å². The monoisotopic (exact) mass is 345 g/mol. The molecule has 130 valence electrons. The van der Waals surface area contributed by atoms with Gasteiger partial charge < -0.3 is 14.9 Å². The summed E-state index contributed by atoms with van der Waals surface area (Å²) in [4.78, 5) is 26.2. The van der Waals surface area contributed by atoms with Crippen LogP contribution in [-0.4, -0.2) is 22.0 Å². The lowest BCUT2D eigenvalue weighted by atomic mass is 10.1. The maximum Gasteiger partial charge on any atom is 0.253 e. The summed E-state index contributed by atoms with van der Waals surface area (Å²) < 4.78 is 2.23. The minimum atomic E-state index is -0.204. The highest BCUT2D eigenvalue weighted by Gasteiger charge is 2.11. The van der Waals surface area contributed by atoms with Crippen LogP contribution >= 0.6 is 0 Å². The van der Waals surface area contributed by atoms with E-state index in [1.807, 2.05) is 24.3 Å². The molecule has 0 aliphatic rings. The minimum Gasteiger partial charge on any atom is -0.350 e. The fourth-order valence-electron chi connectivity index (χ4n) is 3.44. The van der Waals surface area contributed by atoms with Crippen molar-refractivity contribution >= 4 is 27.7 Å². The normalized spacial score (nSPS) is 11.1. The molecule has 1 amide bonds. The van der Waals surface area contributed by atoms with E-state index in [2.05, 4.69) is 39.1 Å². The van der Waals surface area contributed by atoms with Crippen molar-refractivity contribution in [2.75, 3.05) is 6.54 Å². The molecule has 0 unspecified atom stereocenters. The summed E-state index contributed by atoms with van der Waals surface area (Å²) in [6.07, 6.45) is 1.47. The number of hydrogen-bond acceptors (Lipinski definition) is 2. The zero-order chi connectivity index (χ0) is 18.1. The molecular formula is C21H19N3O2. The van der Waals surface area contributed by atoms with E-state index in [1.54, 1.807) is 6.92 Å². The Morgan fingerprint density at radius 3 is 2.27 bits per heavy atom. The first-order valence-electron chi connectivity index (χ1n) is 8.58. The Labute approximate surface area is 150 Å². The number of benzene rings is 2. The molecule has 26 heavy (non-hydrogen) atoms. The Balaban J connectivity index is 1.58. The molecule has 0 aliphatic heterocycles. The SMILES string of the molecule is Cc1cc(=O)[nH]cc1C(=O)NCCn1c2ccccc2c2ccccc21. The Kier molecular flexibility index (Phi) is 4.05. The molecule has 5 nitrogen and oxygen atoms in total. The Morgan fingerprint density at radius 2 is 1.65 bits per heavy atom. The zero-order valence-electron chi connectivity index (χ0n) is 14.5. The summed E-state index contributed by atoms with van der Waals surface area (Å²) in [5.74, 6) is -0.181. The molecule has 2 heterocycles. The van der Waals surface area contributed by atoms with Gasteiger partial charge in [0, 0.05) is 47.2 Å². The fourth-order valence-corrected chi connectivity index (χ4v) is 3.44. The topological polar surface area (TPSA) is 66.9 Å². The molecule has 0 radical (unpaired) electrons. The fraction of sp³-hybridized carbons (Fsp3) is 0.143. The largest absolute Gasteiger partial charge is 0.350 e. The summed E-state index contributed by atoms with van der Waals surface area (Å²) in [7, 11) is 0. The van der Waals surface area contributed by atoms with Crippen LogP contribution in [0.2, 0.25) is 0 Å². The van der Waals surface area contributed by atoms with Crippen molar-refractivity contribution < 1.29 is 4.79 Å². The number of H-pyrrole nitrogens is 1. The van der Waals surface area contributed by atoms with Crippen LogP contribution in [0.3, 0.4) is 0 Å². The summed E-state index contributed by atoms with van der Waals surface area (Å²) >= 11 is 0. The molecular weight excluding hydrogens is 326 g/mol. The van der Waals surface area contributed by atoms with E-state index in [-0.39, 0.29) is 11.5 Å². The first kappa shape index (κ1) is 16.1. The average Bonchev–Trinajstić information content (AvgIpc) is 2.96. The molecule has 2 aromatic carbocycles. The van der Waals surface area contributed by atoms with E-state index >= 15 is 0 Å². The van der Waals surface area contributed by atoms with Crippen LogP contribution in [-0.2, 0) is 6.54 Å². The molecule has 0 atom stereocenters. The number of para-hydroxylation sites is 2. The van der Waals surface area contributed by atoms with Crippen LogP contribution in [0.15, 0.2) is 65.6 Å². The minimum absolute atomic E-state index is 0.181. The predicted octanol–water partition coefficient (Wildman–Crippen LogP) is 3.22. The van der Waals surface area contributed by atoms with Gasteiger partial charge in [0.1, 0.15) is 0 Å². The van der Waals surface area contributed by atoms with Gasteiger partial charge in [-0.1, -0.05) is 36.4 Å². The first-order valence-corrected chi connectivity index (χ1v) is 8.58. The maximum absolute atomic E-state index is 12.4. The van der Waals surface area contributed by atoms with Crippen LogP contribution in [0.4, 0.5) is 0 Å². The second-order valence-corrected chi connectivity index (χ2v) is 6.34. The van der Waals surface area contributed by atoms with Gasteiger partial charge in [-0.3, -0.25) is 9.59 Å². The number of pyridine rings is 1. The smallest absolute Gasteiger partial charge is 0.253 e. The van der Waals surface area contributed by atoms with Crippen LogP contribution in [0.25, 0.3) is 21.8 Å². The molecule has 2 aromatic heterocycles. The molecule has 0 aliphatic carbocycles. The Morgan fingerprint density at radius 1 is 1.04 bits per heavy atom. The van der Waals surface area contributed by atoms with Crippen molar-refractivity contribution in [3.05, 3.63) is 82.3 Å². The summed E-state index contributed by atoms with van der Waals surface area (Å²) in [5.41, 5.74) is 3.27. The van der Waals surface area contributed by atoms with Crippen molar-refractivity contribution in [1.82, 2.24) is 14.9 Å². The molecule has 0 fully saturated rings. The number of carbonyl (C=O) groups is 1. The molecule has 0 spiro atoms. The summed E-state index contributed by atoms with van der Waals surface area (Å²) in [6, 6.07) is 18.0. The van der Waals surface area contributed by atoms with Gasteiger partial charge in [-0.2, -0.15) is 0 Å². The molecule has 0 saturated carbocycles. The van der Waals surface area contributed by atoms with E-state index in [4.69, 9.17) is 0 Å². The van der Waals surface area contributed by atoms with Crippen LogP contribution in [0.1, 0.15) is 15.9 Å². The second kappa shape index (κ2) is 6.52. The average molecular weight is 345 g/mol. The number of rotatable bonds is 4. The quantitative estimate of drug-likeness (QED) is 0.596. The Hall–Kier alpha value is -3.34. The number of carbonyl (C=O) groups excluding carboxylic acids is 1. The van der Waals surface area contributed by atoms with Crippen molar-refractivity contribution in [3.8, 4) is 0 Å². The molecule has 5 heteroatoms. The number of hydrogen-bond donors (Lipinski definition) is 2. The van der Waals surface area contributed by atoms with Crippen molar-refractivity contribution in [1.29, 1.82) is 0 Å². The third kappa shape index (κ3) is 2.77. The van der Waals surface area contributed by atoms with Gasteiger partial charge in [0.15, 0.2) is 0 Å². The van der Waals surface area contributed by atoms with Gasteiger partial charge in [0.25, 0.3) is 5.91 Å². The van der Waals surface area contributed by atoms with E-state index < -0.39 is 0 Å². The van der Waals surface area contributed by atoms with E-state index in [9.17, 15) is 9.59 Å². The third-order valence-corrected chi connectivity index (χ3v) is 4.68. The number of nitrogens with one attached hydrogen (secondary N) is 2. The van der Waals surface area contributed by atoms with E-state index in [0.29, 0.717) is 24.2 Å². The van der Waals surface area contributed by atoms with Crippen molar-refractivity contribution in [3.63, 3.8) is 0 Å². The summed E-state index contributed by atoms with van der Waals surface area (Å²) in [5, 5.41) is 5.37. The number of aromatic nitrogens is 2. The number of nitrogens with zero attached hydrogens (tertiary/aromatic N) is 1. The number of fused-ring (bicyclic) bond motifs is 3. The number of amides is 1. The predicted molar refractivity (Wildman–Crippen MR) is 104 cm³/mol. The van der Waals surface area contributed by atoms with Gasteiger partial charge in [-0.05, 0) is 24.6 Å². The first-order chi connectivity index (χ1) is 12.6. The number of aryl methyl sites for hydroxylation is 1. The van der Waals surface area contributed by atoms with Gasteiger partial charge in [-0.25, -0.2) is 0 Å². The highest BCUT2D eigenvalue weighted by molar-refractivity contribution is 6.08. The second-order valence-electron chi connectivity index (χ2n) is 6.34. The van der Waals surface area contributed by atoms with Gasteiger partial charge in [-0.15, -0.1) is 0 Å². The Bertz CT molecular complexity index is 1120. The highest BCUT2D eigenvalue weighted by Crippen LogP contribution is 2.28. The van der Waals surface area contributed by atoms with Crippen molar-refractivity contribution in [2.24, 2.45) is 0 Å². The van der Waals surface area contributed by atoms with Crippen LogP contribution in [0, 0.1) is 6.92 Å². The summed E-state index contributed by atoms with van der Waals surface area (Å²) in [6.45, 7) is 2.93. The van der Waals surface area contributed by atoms with Crippen LogP contribution in [0.5, 0.6) is 0 Å². The lowest BCUT2D eigenvalue weighted by Crippen LogP contribution is -2.28. The lowest BCUT2D eigenvalue weighted by Gasteiger charge is -2.10. The zero-order valence-corrected chi connectivity index (χ0v) is 14.5.